The van der Waals surface area contributed by atoms with Crippen molar-refractivity contribution in [3.05, 3.63) is 22.1 Å². The molecule has 0 aliphatic heterocycles. The molecular weight excluding hydrogens is 194 g/mol. The van der Waals surface area contributed by atoms with Crippen molar-refractivity contribution in [3.63, 3.8) is 0 Å². The third-order valence-electron chi connectivity index (χ3n) is 2.14. The number of aryl methyl sites for hydroxylation is 1. The van der Waals surface area contributed by atoms with Gasteiger partial charge in [-0.05, 0) is 12.0 Å². The summed E-state index contributed by atoms with van der Waals surface area (Å²) >= 11 is 0. The van der Waals surface area contributed by atoms with Crippen LogP contribution in [0.15, 0.2) is 11.0 Å². The number of nitrogens with zero attached hydrogens (tertiary/aromatic N) is 2. The molecule has 0 saturated carbocycles. The molecule has 2 aromatic rings. The number of hydrogen-bond acceptors (Lipinski definition) is 4. The lowest BCUT2D eigenvalue weighted by Crippen LogP contribution is -2.11. The Labute approximate surface area is 84.8 Å². The Morgan fingerprint density at radius 1 is 1.60 bits per heavy atom. The van der Waals surface area contributed by atoms with Crippen molar-refractivity contribution in [1.82, 2.24) is 15.0 Å². The molecule has 0 fully saturated rings. The molecule has 0 atom stereocenters. The number of nitrogens with two attached hydrogens (primary N) is 1. The van der Waals surface area contributed by atoms with E-state index in [1.807, 2.05) is 6.07 Å². The first-order valence-corrected chi connectivity index (χ1v) is 4.45. The molecule has 2 aromatic heterocycles. The van der Waals surface area contributed by atoms with Crippen LogP contribution >= 0.6 is 0 Å². The second-order valence-corrected chi connectivity index (χ2v) is 3.15. The average molecular weight is 203 g/mol. The molecule has 15 heavy (non-hydrogen) atoms. The van der Waals surface area contributed by atoms with Crippen LogP contribution in [0.3, 0.4) is 0 Å². The molecule has 0 radical (unpaired) electrons. The van der Waals surface area contributed by atoms with Crippen LogP contribution < -0.4 is 11.3 Å². The highest BCUT2D eigenvalue weighted by Crippen LogP contribution is 2.14. The molecular formula is C9H9N5O. The van der Waals surface area contributed by atoms with Gasteiger partial charge >= 0.3 is 0 Å². The highest BCUT2D eigenvalue weighted by atomic mass is 16.1. The van der Waals surface area contributed by atoms with Gasteiger partial charge in [0.2, 0.25) is 5.95 Å². The van der Waals surface area contributed by atoms with Crippen LogP contribution in [0.2, 0.25) is 0 Å². The van der Waals surface area contributed by atoms with E-state index >= 15 is 0 Å². The maximum Gasteiger partial charge on any atom is 0.276 e. The number of nitrogen functional groups attached to an aromatic ring is 1. The molecule has 2 heterocycles. The number of fused-ring (bicyclic) bond motifs is 1. The zero-order valence-electron chi connectivity index (χ0n) is 7.87. The summed E-state index contributed by atoms with van der Waals surface area (Å²) in [7, 11) is 0. The topological polar surface area (TPSA) is 111 Å². The Balaban J connectivity index is 2.59. The van der Waals surface area contributed by atoms with Gasteiger partial charge in [-0.3, -0.25) is 9.78 Å². The van der Waals surface area contributed by atoms with E-state index in [1.54, 1.807) is 6.20 Å². The van der Waals surface area contributed by atoms with E-state index in [1.165, 1.54) is 0 Å². The molecule has 0 unspecified atom stereocenters. The first-order chi connectivity index (χ1) is 7.22. The number of anilines is 1. The number of nitrogens with one attached hydrogen (secondary N) is 2. The van der Waals surface area contributed by atoms with E-state index < -0.39 is 0 Å². The van der Waals surface area contributed by atoms with Gasteiger partial charge in [0.1, 0.15) is 11.0 Å². The van der Waals surface area contributed by atoms with E-state index in [-0.39, 0.29) is 11.5 Å². The highest BCUT2D eigenvalue weighted by Gasteiger charge is 2.08. The Morgan fingerprint density at radius 2 is 2.40 bits per heavy atom. The molecule has 6 nitrogen and oxygen atoms in total. The normalized spacial score (nSPS) is 10.3. The van der Waals surface area contributed by atoms with Crippen molar-refractivity contribution in [2.24, 2.45) is 0 Å². The fraction of sp³-hybridized carbons (Fsp3) is 0.222. The van der Waals surface area contributed by atoms with Crippen LogP contribution in [0.25, 0.3) is 11.0 Å². The summed E-state index contributed by atoms with van der Waals surface area (Å²) < 4.78 is 0. The van der Waals surface area contributed by atoms with Crippen molar-refractivity contribution >= 4 is 17.0 Å². The van der Waals surface area contributed by atoms with Crippen molar-refractivity contribution < 1.29 is 0 Å². The quantitative estimate of drug-likeness (QED) is 0.651. The Kier molecular flexibility index (Phi) is 2.14. The molecule has 76 valence electrons. The van der Waals surface area contributed by atoms with Crippen LogP contribution in [0.4, 0.5) is 5.95 Å². The van der Waals surface area contributed by atoms with Gasteiger partial charge in [0.15, 0.2) is 0 Å². The highest BCUT2D eigenvalue weighted by molar-refractivity contribution is 5.78. The first kappa shape index (κ1) is 9.27. The lowest BCUT2D eigenvalue weighted by molar-refractivity contribution is 1.02. The smallest absolute Gasteiger partial charge is 0.276 e. The largest absolute Gasteiger partial charge is 0.369 e. The van der Waals surface area contributed by atoms with Crippen LogP contribution in [0.5, 0.6) is 0 Å². The molecule has 6 heteroatoms. The summed E-state index contributed by atoms with van der Waals surface area (Å²) in [5.74, 6) is 0.0882. The van der Waals surface area contributed by atoms with Crippen LogP contribution in [-0.2, 0) is 6.42 Å². The van der Waals surface area contributed by atoms with Gasteiger partial charge in [-0.15, -0.1) is 0 Å². The van der Waals surface area contributed by atoms with Crippen LogP contribution in [0, 0.1) is 11.3 Å². The third-order valence-corrected chi connectivity index (χ3v) is 2.14. The SMILES string of the molecule is N#CCCc1c[nH]c2c(=O)[nH]c(N)nc12. The predicted molar refractivity (Wildman–Crippen MR) is 55.1 cm³/mol. The lowest BCUT2D eigenvalue weighted by Gasteiger charge is -1.95. The second kappa shape index (κ2) is 3.46. The summed E-state index contributed by atoms with van der Waals surface area (Å²) in [6.45, 7) is 0. The molecule has 2 rings (SSSR count). The second-order valence-electron chi connectivity index (χ2n) is 3.15. The van der Waals surface area contributed by atoms with Gasteiger partial charge in [0, 0.05) is 12.6 Å². The predicted octanol–water partition coefficient (Wildman–Crippen LogP) is 0.290. The number of aromatic nitrogens is 3. The lowest BCUT2D eigenvalue weighted by atomic mass is 10.2. The minimum Gasteiger partial charge on any atom is -0.369 e. The van der Waals surface area contributed by atoms with E-state index in [9.17, 15) is 4.79 Å². The van der Waals surface area contributed by atoms with Crippen LogP contribution in [0.1, 0.15) is 12.0 Å². The Hall–Kier alpha value is -2.29. The van der Waals surface area contributed by atoms with Gasteiger partial charge in [0.25, 0.3) is 5.56 Å². The number of aromatic amines is 2. The molecule has 0 bridgehead atoms. The van der Waals surface area contributed by atoms with Gasteiger partial charge in [-0.1, -0.05) is 0 Å². The van der Waals surface area contributed by atoms with Gasteiger partial charge in [-0.25, -0.2) is 4.98 Å². The third kappa shape index (κ3) is 1.55. The molecule has 0 spiro atoms. The zero-order chi connectivity index (χ0) is 10.8. The minimum atomic E-state index is -0.291. The first-order valence-electron chi connectivity index (χ1n) is 4.45. The van der Waals surface area contributed by atoms with E-state index in [0.717, 1.165) is 5.56 Å². The fourth-order valence-corrected chi connectivity index (χ4v) is 1.47. The maximum absolute atomic E-state index is 11.4. The number of nitriles is 1. The van der Waals surface area contributed by atoms with Gasteiger partial charge < -0.3 is 10.7 Å². The van der Waals surface area contributed by atoms with E-state index in [2.05, 4.69) is 15.0 Å². The Morgan fingerprint density at radius 3 is 3.13 bits per heavy atom. The molecule has 0 saturated heterocycles. The Bertz CT molecular complexity index is 589. The van der Waals surface area contributed by atoms with Gasteiger partial charge in [-0.2, -0.15) is 5.26 Å². The number of hydrogen-bond donors (Lipinski definition) is 3. The number of H-pyrrole nitrogens is 2. The fourth-order valence-electron chi connectivity index (χ4n) is 1.47. The molecule has 4 N–H and O–H groups in total. The zero-order valence-corrected chi connectivity index (χ0v) is 7.87. The van der Waals surface area contributed by atoms with Crippen LogP contribution in [-0.4, -0.2) is 15.0 Å². The summed E-state index contributed by atoms with van der Waals surface area (Å²) in [4.78, 5) is 20.7. The minimum absolute atomic E-state index is 0.0882. The van der Waals surface area contributed by atoms with Gasteiger partial charge in [0.05, 0.1) is 6.07 Å². The van der Waals surface area contributed by atoms with Crippen molar-refractivity contribution in [2.75, 3.05) is 5.73 Å². The summed E-state index contributed by atoms with van der Waals surface area (Å²) in [5, 5.41) is 8.47. The molecule has 0 amide bonds. The van der Waals surface area contributed by atoms with Crippen molar-refractivity contribution in [2.45, 2.75) is 12.8 Å². The van der Waals surface area contributed by atoms with E-state index in [0.29, 0.717) is 23.9 Å². The van der Waals surface area contributed by atoms with E-state index in [4.69, 9.17) is 11.0 Å². The van der Waals surface area contributed by atoms with Crippen molar-refractivity contribution in [3.8, 4) is 6.07 Å². The monoisotopic (exact) mass is 203 g/mol. The molecule has 0 aromatic carbocycles. The molecule has 0 aliphatic rings. The summed E-state index contributed by atoms with van der Waals surface area (Å²) in [5.41, 5.74) is 6.93. The summed E-state index contributed by atoms with van der Waals surface area (Å²) in [6.07, 6.45) is 2.64. The summed E-state index contributed by atoms with van der Waals surface area (Å²) in [6, 6.07) is 2.04. The van der Waals surface area contributed by atoms with Crippen molar-refractivity contribution in [1.29, 1.82) is 5.26 Å². The average Bonchev–Trinajstić information content (AvgIpc) is 2.58. The number of rotatable bonds is 2. The maximum atomic E-state index is 11.4. The molecule has 0 aliphatic carbocycles. The standard InChI is InChI=1S/C9H9N5O/c10-3-1-2-5-4-12-7-6(5)13-9(11)14-8(7)15/h4,12H,1-2H2,(H3,11,13,14,15).